The molecule has 158 valence electrons. The van der Waals surface area contributed by atoms with Crippen LogP contribution in [0.4, 0.5) is 0 Å². The maximum absolute atomic E-state index is 12.1. The van der Waals surface area contributed by atoms with Gasteiger partial charge in [-0.05, 0) is 92.4 Å². The van der Waals surface area contributed by atoms with Gasteiger partial charge in [-0.25, -0.2) is 0 Å². The summed E-state index contributed by atoms with van der Waals surface area (Å²) in [6.07, 6.45) is 22.8. The Kier molecular flexibility index (Phi) is 12.9. The third kappa shape index (κ3) is 12.2. The maximum atomic E-state index is 12.1. The maximum Gasteiger partial charge on any atom is 0.136 e. The van der Waals surface area contributed by atoms with E-state index in [1.165, 1.54) is 48.0 Å². The molecule has 0 aromatic rings. The number of allylic oxidation sites excluding steroid dienone is 8. The van der Waals surface area contributed by atoms with E-state index in [9.17, 15) is 4.79 Å². The lowest BCUT2D eigenvalue weighted by Gasteiger charge is -2.10. The van der Waals surface area contributed by atoms with Crippen molar-refractivity contribution < 1.29 is 4.79 Å². The molecule has 1 rings (SSSR count). The summed E-state index contributed by atoms with van der Waals surface area (Å²) in [6, 6.07) is 0. The zero-order valence-electron chi connectivity index (χ0n) is 19.3. The van der Waals surface area contributed by atoms with Crippen LogP contribution < -0.4 is 0 Å². The second-order valence-electron chi connectivity index (χ2n) is 9.05. The van der Waals surface area contributed by atoms with Crippen LogP contribution in [0.2, 0.25) is 0 Å². The van der Waals surface area contributed by atoms with Crippen molar-refractivity contribution in [2.75, 3.05) is 0 Å². The van der Waals surface area contributed by atoms with Gasteiger partial charge in [0.05, 0.1) is 0 Å². The van der Waals surface area contributed by atoms with Gasteiger partial charge in [0.1, 0.15) is 5.78 Å². The van der Waals surface area contributed by atoms with Crippen LogP contribution in [-0.4, -0.2) is 5.78 Å². The van der Waals surface area contributed by atoms with E-state index < -0.39 is 0 Å². The van der Waals surface area contributed by atoms with Crippen molar-refractivity contribution >= 4 is 5.78 Å². The van der Waals surface area contributed by atoms with Crippen molar-refractivity contribution in [3.63, 3.8) is 0 Å². The molecule has 1 heteroatoms. The Morgan fingerprint density at radius 1 is 0.750 bits per heavy atom. The third-order valence-corrected chi connectivity index (χ3v) is 5.84. The van der Waals surface area contributed by atoms with Crippen LogP contribution >= 0.6 is 0 Å². The van der Waals surface area contributed by atoms with Gasteiger partial charge >= 0.3 is 0 Å². The van der Waals surface area contributed by atoms with Crippen LogP contribution in [0.15, 0.2) is 46.6 Å². The van der Waals surface area contributed by atoms with Gasteiger partial charge in [0.15, 0.2) is 0 Å². The third-order valence-electron chi connectivity index (χ3n) is 5.84. The first-order chi connectivity index (χ1) is 13.4. The van der Waals surface area contributed by atoms with E-state index in [1.54, 1.807) is 0 Å². The summed E-state index contributed by atoms with van der Waals surface area (Å²) in [5, 5.41) is 0. The molecule has 0 aromatic heterocycles. The average molecular weight is 385 g/mol. The van der Waals surface area contributed by atoms with Crippen molar-refractivity contribution in [1.82, 2.24) is 0 Å². The lowest BCUT2D eigenvalue weighted by Crippen LogP contribution is -2.11. The molecule has 1 aliphatic rings. The molecule has 0 radical (unpaired) electrons. The fourth-order valence-electron chi connectivity index (χ4n) is 3.81. The van der Waals surface area contributed by atoms with Crippen molar-refractivity contribution in [3.8, 4) is 0 Å². The molecule has 0 amide bonds. The summed E-state index contributed by atoms with van der Waals surface area (Å²) >= 11 is 0. The molecule has 1 unspecified atom stereocenters. The molecule has 0 aromatic carbocycles. The molecule has 1 nitrogen and oxygen atoms in total. The normalized spacial score (nSPS) is 19.5. The largest absolute Gasteiger partial charge is 0.299 e. The summed E-state index contributed by atoms with van der Waals surface area (Å²) in [4.78, 5) is 12.1. The minimum absolute atomic E-state index is 0.293. The number of Topliss-reactive ketones (excluding diaryl/α,β-unsaturated/α-hetero) is 1. The molecule has 0 saturated heterocycles. The monoisotopic (exact) mass is 384 g/mol. The van der Waals surface area contributed by atoms with E-state index in [4.69, 9.17) is 0 Å². The number of hydrogen-bond acceptors (Lipinski definition) is 1. The van der Waals surface area contributed by atoms with E-state index in [0.29, 0.717) is 11.7 Å². The van der Waals surface area contributed by atoms with Crippen LogP contribution in [0.1, 0.15) is 112 Å². The fraction of sp³-hybridized carbons (Fsp3) is 0.667. The number of carbonyl (C=O) groups is 1. The Morgan fingerprint density at radius 2 is 1.29 bits per heavy atom. The van der Waals surface area contributed by atoms with Gasteiger partial charge in [0.25, 0.3) is 0 Å². The summed E-state index contributed by atoms with van der Waals surface area (Å²) < 4.78 is 0. The Hall–Kier alpha value is -1.37. The van der Waals surface area contributed by atoms with Crippen molar-refractivity contribution in [1.29, 1.82) is 0 Å². The van der Waals surface area contributed by atoms with Crippen LogP contribution in [0, 0.1) is 5.92 Å². The van der Waals surface area contributed by atoms with Gasteiger partial charge in [-0.1, -0.05) is 59.4 Å². The van der Waals surface area contributed by atoms with Gasteiger partial charge in [0.2, 0.25) is 0 Å². The highest BCUT2D eigenvalue weighted by Gasteiger charge is 2.19. The standard InChI is InChI=1S/C27H44O/c1-22(2)12-9-13-23(3)14-10-15-24(4)16-11-17-25(5)20-21-26-18-7-6-8-19-27(26)28/h12,14,16,20,26H,6-11,13,15,17-19,21H2,1-5H3/b23-14+,24-16+,25-20+. The van der Waals surface area contributed by atoms with Gasteiger partial charge in [-0.3, -0.25) is 4.79 Å². The van der Waals surface area contributed by atoms with Crippen LogP contribution in [0.5, 0.6) is 0 Å². The van der Waals surface area contributed by atoms with Crippen LogP contribution in [0.3, 0.4) is 0 Å². The predicted molar refractivity (Wildman–Crippen MR) is 125 cm³/mol. The highest BCUT2D eigenvalue weighted by atomic mass is 16.1. The fourth-order valence-corrected chi connectivity index (χ4v) is 3.81. The quantitative estimate of drug-likeness (QED) is 0.257. The zero-order valence-corrected chi connectivity index (χ0v) is 19.3. The van der Waals surface area contributed by atoms with E-state index >= 15 is 0 Å². The first kappa shape index (κ1) is 24.7. The lowest BCUT2D eigenvalue weighted by molar-refractivity contribution is -0.122. The van der Waals surface area contributed by atoms with Gasteiger partial charge in [-0.15, -0.1) is 0 Å². The Labute approximate surface area is 175 Å². The topological polar surface area (TPSA) is 17.1 Å². The second kappa shape index (κ2) is 14.6. The number of rotatable bonds is 11. The van der Waals surface area contributed by atoms with E-state index in [1.807, 2.05) is 0 Å². The summed E-state index contributed by atoms with van der Waals surface area (Å²) in [6.45, 7) is 11.1. The van der Waals surface area contributed by atoms with Crippen LogP contribution in [0.25, 0.3) is 0 Å². The smallest absolute Gasteiger partial charge is 0.136 e. The molecule has 0 bridgehead atoms. The molecular formula is C27H44O. The minimum Gasteiger partial charge on any atom is -0.299 e. The Morgan fingerprint density at radius 3 is 1.86 bits per heavy atom. The molecular weight excluding hydrogens is 340 g/mol. The number of carbonyl (C=O) groups excluding carboxylic acids is 1. The van der Waals surface area contributed by atoms with Crippen molar-refractivity contribution in [2.24, 2.45) is 5.92 Å². The summed E-state index contributed by atoms with van der Waals surface area (Å²) in [7, 11) is 0. The Bertz CT molecular complexity index is 581. The molecule has 1 fully saturated rings. The molecule has 1 saturated carbocycles. The molecule has 0 N–H and O–H groups in total. The molecule has 0 spiro atoms. The van der Waals surface area contributed by atoms with Crippen LogP contribution in [-0.2, 0) is 4.79 Å². The van der Waals surface area contributed by atoms with Gasteiger partial charge in [-0.2, -0.15) is 0 Å². The van der Waals surface area contributed by atoms with Crippen molar-refractivity contribution in [3.05, 3.63) is 46.6 Å². The molecule has 28 heavy (non-hydrogen) atoms. The molecule has 1 aliphatic carbocycles. The SMILES string of the molecule is CC(C)=CCC/C(C)=C/CC/C(C)=C/CC/C(C)=C/CC1CCCCCC1=O. The summed E-state index contributed by atoms with van der Waals surface area (Å²) in [5.41, 5.74) is 5.87. The molecule has 1 atom stereocenters. The average Bonchev–Trinajstić information content (AvgIpc) is 2.83. The zero-order chi connectivity index (χ0) is 20.8. The highest BCUT2D eigenvalue weighted by molar-refractivity contribution is 5.81. The number of ketones is 1. The van der Waals surface area contributed by atoms with Gasteiger partial charge < -0.3 is 0 Å². The Balaban J connectivity index is 2.27. The van der Waals surface area contributed by atoms with E-state index in [2.05, 4.69) is 58.9 Å². The molecule has 0 heterocycles. The summed E-state index contributed by atoms with van der Waals surface area (Å²) in [5.74, 6) is 0.794. The highest BCUT2D eigenvalue weighted by Crippen LogP contribution is 2.24. The number of hydrogen-bond donors (Lipinski definition) is 0. The first-order valence-electron chi connectivity index (χ1n) is 11.5. The first-order valence-corrected chi connectivity index (χ1v) is 11.5. The van der Waals surface area contributed by atoms with Gasteiger partial charge in [0, 0.05) is 12.3 Å². The predicted octanol–water partition coefficient (Wildman–Crippen LogP) is 8.67. The minimum atomic E-state index is 0.293. The van der Waals surface area contributed by atoms with E-state index in [0.717, 1.165) is 51.4 Å². The van der Waals surface area contributed by atoms with Crippen molar-refractivity contribution in [2.45, 2.75) is 112 Å². The van der Waals surface area contributed by atoms with E-state index in [-0.39, 0.29) is 0 Å². The molecule has 0 aliphatic heterocycles. The lowest BCUT2D eigenvalue weighted by atomic mass is 9.94. The second-order valence-corrected chi connectivity index (χ2v) is 9.05.